The monoisotopic (exact) mass is 509 g/mol. The van der Waals surface area contributed by atoms with Crippen molar-refractivity contribution in [1.82, 2.24) is 4.90 Å². The highest BCUT2D eigenvalue weighted by Gasteiger charge is 2.31. The summed E-state index contributed by atoms with van der Waals surface area (Å²) < 4.78 is 38.5. The van der Waals surface area contributed by atoms with Crippen LogP contribution in [0, 0.1) is 17.6 Å². The molecular weight excluding hydrogens is 480 g/mol. The van der Waals surface area contributed by atoms with E-state index >= 15 is 0 Å². The largest absolute Gasteiger partial charge is 0.493 e. The molecule has 0 saturated heterocycles. The normalized spacial score (nSPS) is 16.4. The van der Waals surface area contributed by atoms with E-state index in [1.54, 1.807) is 30.3 Å². The third-order valence-corrected chi connectivity index (χ3v) is 6.53. The lowest BCUT2D eigenvalue weighted by Gasteiger charge is -2.33. The van der Waals surface area contributed by atoms with Crippen molar-refractivity contribution in [3.63, 3.8) is 0 Å². The van der Waals surface area contributed by atoms with Crippen LogP contribution in [0.25, 0.3) is 0 Å². The first kappa shape index (κ1) is 26.1. The summed E-state index contributed by atoms with van der Waals surface area (Å²) in [6.07, 6.45) is 0.796. The van der Waals surface area contributed by atoms with Gasteiger partial charge in [-0.25, -0.2) is 8.78 Å². The number of carboxylic acid groups (broad SMARTS) is 1. The van der Waals surface area contributed by atoms with Gasteiger partial charge in [0.2, 0.25) is 5.91 Å². The average molecular weight is 510 g/mol. The van der Waals surface area contributed by atoms with Crippen LogP contribution < -0.4 is 9.47 Å². The first-order chi connectivity index (χ1) is 17.7. The number of aliphatic carboxylic acids is 1. The van der Waals surface area contributed by atoms with Crippen molar-refractivity contribution >= 4 is 11.9 Å². The van der Waals surface area contributed by atoms with Gasteiger partial charge in [0.1, 0.15) is 24.3 Å². The number of amides is 1. The molecule has 2 atom stereocenters. The maximum absolute atomic E-state index is 13.4. The summed E-state index contributed by atoms with van der Waals surface area (Å²) >= 11 is 0. The van der Waals surface area contributed by atoms with E-state index in [-0.39, 0.29) is 42.5 Å². The Labute approximate surface area is 214 Å². The molecule has 3 aromatic carbocycles. The van der Waals surface area contributed by atoms with Crippen molar-refractivity contribution in [2.75, 3.05) is 20.2 Å². The van der Waals surface area contributed by atoms with Crippen molar-refractivity contribution in [1.29, 1.82) is 0 Å². The number of carbonyl (C=O) groups is 2. The molecule has 1 aliphatic heterocycles. The van der Waals surface area contributed by atoms with Crippen LogP contribution in [0.5, 0.6) is 11.5 Å². The molecule has 0 aromatic heterocycles. The minimum atomic E-state index is -1.11. The van der Waals surface area contributed by atoms with Crippen molar-refractivity contribution < 1.29 is 33.0 Å². The summed E-state index contributed by atoms with van der Waals surface area (Å²) in [5.74, 6) is -0.946. The quantitative estimate of drug-likeness (QED) is 0.440. The van der Waals surface area contributed by atoms with Crippen molar-refractivity contribution in [3.8, 4) is 11.5 Å². The topological polar surface area (TPSA) is 76.1 Å². The zero-order valence-corrected chi connectivity index (χ0v) is 20.7. The number of methoxy groups -OCH3 is 1. The number of carbonyl (C=O) groups excluding carboxylic acids is 1. The van der Waals surface area contributed by atoms with Crippen LogP contribution >= 0.6 is 0 Å². The molecule has 0 saturated carbocycles. The second-order valence-corrected chi connectivity index (χ2v) is 9.32. The van der Waals surface area contributed by atoms with Crippen molar-refractivity contribution in [2.24, 2.45) is 5.92 Å². The number of rotatable bonds is 9. The molecule has 0 spiro atoms. The Morgan fingerprint density at radius 1 is 1.03 bits per heavy atom. The molecule has 0 bridgehead atoms. The van der Waals surface area contributed by atoms with Crippen molar-refractivity contribution in [3.05, 3.63) is 94.6 Å². The van der Waals surface area contributed by atoms with Gasteiger partial charge in [0, 0.05) is 12.5 Å². The summed E-state index contributed by atoms with van der Waals surface area (Å²) in [6, 6.07) is 15.8. The Hall–Kier alpha value is -3.94. The Morgan fingerprint density at radius 2 is 1.68 bits per heavy atom. The maximum Gasteiger partial charge on any atom is 0.323 e. The SMILES string of the molecule is COc1cc(CC(=O)N(CCc2ccc(F)cc2)CC(=O)O)cc2c1O[C@@H](c1ccc(F)cc1)[C@H](C)C2. The highest BCUT2D eigenvalue weighted by Crippen LogP contribution is 2.44. The third kappa shape index (κ3) is 6.44. The summed E-state index contributed by atoms with van der Waals surface area (Å²) in [4.78, 5) is 25.8. The van der Waals surface area contributed by atoms with E-state index in [4.69, 9.17) is 9.47 Å². The van der Waals surface area contributed by atoms with Crippen LogP contribution in [0.2, 0.25) is 0 Å². The van der Waals surface area contributed by atoms with Gasteiger partial charge >= 0.3 is 5.97 Å². The Balaban J connectivity index is 1.51. The lowest BCUT2D eigenvalue weighted by Crippen LogP contribution is -2.38. The predicted octanol–water partition coefficient (Wildman–Crippen LogP) is 4.98. The van der Waals surface area contributed by atoms with E-state index in [2.05, 4.69) is 0 Å². The van der Waals surface area contributed by atoms with Gasteiger partial charge < -0.3 is 19.5 Å². The molecule has 1 heterocycles. The first-order valence-corrected chi connectivity index (χ1v) is 12.1. The average Bonchev–Trinajstić information content (AvgIpc) is 2.87. The van der Waals surface area contributed by atoms with Crippen molar-refractivity contribution in [2.45, 2.75) is 32.3 Å². The predicted molar refractivity (Wildman–Crippen MR) is 134 cm³/mol. The van der Waals surface area contributed by atoms with Crippen LogP contribution in [0.3, 0.4) is 0 Å². The molecule has 8 heteroatoms. The zero-order valence-electron chi connectivity index (χ0n) is 20.7. The fourth-order valence-electron chi connectivity index (χ4n) is 4.67. The number of hydrogen-bond donors (Lipinski definition) is 1. The lowest BCUT2D eigenvalue weighted by atomic mass is 9.87. The maximum atomic E-state index is 13.4. The van der Waals surface area contributed by atoms with Gasteiger partial charge in [0.05, 0.1) is 13.5 Å². The van der Waals surface area contributed by atoms with Gasteiger partial charge in [-0.15, -0.1) is 0 Å². The van der Waals surface area contributed by atoms with Gasteiger partial charge in [0.25, 0.3) is 0 Å². The van der Waals surface area contributed by atoms with E-state index < -0.39 is 12.5 Å². The Morgan fingerprint density at radius 3 is 2.30 bits per heavy atom. The molecule has 6 nitrogen and oxygen atoms in total. The van der Waals surface area contributed by atoms with Gasteiger partial charge in [-0.05, 0) is 65.4 Å². The molecule has 0 radical (unpaired) electrons. The Bertz CT molecular complexity index is 1260. The molecule has 1 N–H and O–H groups in total. The number of benzene rings is 3. The number of halogens is 2. The molecular formula is C29H29F2NO5. The van der Waals surface area contributed by atoms with Gasteiger partial charge in [-0.2, -0.15) is 0 Å². The molecule has 0 fully saturated rings. The summed E-state index contributed by atoms with van der Waals surface area (Å²) in [5, 5.41) is 9.34. The van der Waals surface area contributed by atoms with Crippen LogP contribution in [-0.4, -0.2) is 42.1 Å². The molecule has 1 aliphatic rings. The van der Waals surface area contributed by atoms with Gasteiger partial charge in [-0.1, -0.05) is 37.3 Å². The number of carboxylic acids is 1. The summed E-state index contributed by atoms with van der Waals surface area (Å²) in [5.41, 5.74) is 3.26. The molecule has 37 heavy (non-hydrogen) atoms. The highest BCUT2D eigenvalue weighted by molar-refractivity contribution is 5.83. The minimum absolute atomic E-state index is 0.00386. The fourth-order valence-corrected chi connectivity index (χ4v) is 4.67. The van der Waals surface area contributed by atoms with E-state index in [1.165, 1.54) is 36.3 Å². The number of ether oxygens (including phenoxy) is 2. The van der Waals surface area contributed by atoms with Crippen LogP contribution in [-0.2, 0) is 28.9 Å². The Kier molecular flexibility index (Phi) is 8.06. The lowest BCUT2D eigenvalue weighted by molar-refractivity contribution is -0.144. The second kappa shape index (κ2) is 11.4. The summed E-state index contributed by atoms with van der Waals surface area (Å²) in [6.45, 7) is 1.81. The number of hydrogen-bond acceptors (Lipinski definition) is 4. The number of fused-ring (bicyclic) bond motifs is 1. The van der Waals surface area contributed by atoms with Gasteiger partial charge in [0.15, 0.2) is 11.5 Å². The molecule has 1 amide bonds. The third-order valence-electron chi connectivity index (χ3n) is 6.53. The van der Waals surface area contributed by atoms with Gasteiger partial charge in [-0.3, -0.25) is 9.59 Å². The van der Waals surface area contributed by atoms with E-state index in [9.17, 15) is 23.5 Å². The van der Waals surface area contributed by atoms with Crippen LogP contribution in [0.1, 0.15) is 35.3 Å². The fraction of sp³-hybridized carbons (Fsp3) is 0.310. The van der Waals surface area contributed by atoms with E-state index in [1.807, 2.05) is 13.0 Å². The highest BCUT2D eigenvalue weighted by atomic mass is 19.1. The minimum Gasteiger partial charge on any atom is -0.493 e. The molecule has 3 aromatic rings. The van der Waals surface area contributed by atoms with E-state index in [0.29, 0.717) is 29.9 Å². The molecule has 0 aliphatic carbocycles. The zero-order chi connectivity index (χ0) is 26.5. The number of nitrogens with zero attached hydrogens (tertiary/aromatic N) is 1. The second-order valence-electron chi connectivity index (χ2n) is 9.32. The molecule has 194 valence electrons. The summed E-state index contributed by atoms with van der Waals surface area (Å²) in [7, 11) is 1.52. The molecule has 4 rings (SSSR count). The standard InChI is InChI=1S/C29H29F2NO5/c1-18-13-22-14-20(15-25(36-2)29(22)37-28(18)21-5-9-24(31)10-6-21)16-26(33)32(17-27(34)35)12-11-19-3-7-23(30)8-4-19/h3-10,14-15,18,28H,11-13,16-17H2,1-2H3,(H,34,35)/t18-,28-/m1/s1. The van der Waals surface area contributed by atoms with E-state index in [0.717, 1.165) is 16.7 Å². The smallest absolute Gasteiger partial charge is 0.323 e. The van der Waals surface area contributed by atoms with Crippen LogP contribution in [0.15, 0.2) is 60.7 Å². The first-order valence-electron chi connectivity index (χ1n) is 12.1. The molecule has 0 unspecified atom stereocenters. The van der Waals surface area contributed by atoms with Crippen LogP contribution in [0.4, 0.5) is 8.78 Å².